The van der Waals surface area contributed by atoms with Gasteiger partial charge in [-0.25, -0.2) is 15.0 Å². The van der Waals surface area contributed by atoms with E-state index in [2.05, 4.69) is 84.0 Å². The zero-order valence-electron chi connectivity index (χ0n) is 35.4. The van der Waals surface area contributed by atoms with Crippen LogP contribution in [0.5, 0.6) is 0 Å². The minimum Gasteiger partial charge on any atom is -0.438 e. The Morgan fingerprint density at radius 1 is 0.468 bits per heavy atom. The molecule has 0 N–H and O–H groups in total. The van der Waals surface area contributed by atoms with E-state index in [1.807, 2.05) is 123 Å². The minimum absolute atomic E-state index is 0.374. The number of nitrogens with zero attached hydrogens (tertiary/aromatic N) is 4. The molecule has 8 nitrogen and oxygen atoms in total. The lowest BCUT2D eigenvalue weighted by Crippen LogP contribution is -2.41. The molecule has 306 valence electrons. The summed E-state index contributed by atoms with van der Waals surface area (Å²) in [4.78, 5) is 17.7. The SMILES string of the molecule is Cc1ccc2c(n1)oc1c(-c3ccc(-c4ccccc4)cn3)cccc12.Cc1ccc2c(n1)oc1c(B3OC(C)(C)C(C)(C)O3)cccc12.Clc1ccc(-c2ccccc2)cn1. The van der Waals surface area contributed by atoms with E-state index < -0.39 is 7.12 Å². The molecule has 1 fully saturated rings. The molecule has 0 bridgehead atoms. The quantitative estimate of drug-likeness (QED) is 0.128. The van der Waals surface area contributed by atoms with Gasteiger partial charge in [0, 0.05) is 67.5 Å². The first kappa shape index (κ1) is 40.7. The number of benzene rings is 4. The highest BCUT2D eigenvalue weighted by Crippen LogP contribution is 2.38. The van der Waals surface area contributed by atoms with E-state index in [-0.39, 0.29) is 11.2 Å². The molecule has 10 aromatic rings. The Balaban J connectivity index is 0.000000125. The van der Waals surface area contributed by atoms with Crippen molar-refractivity contribution in [2.75, 3.05) is 0 Å². The number of pyridine rings is 4. The summed E-state index contributed by atoms with van der Waals surface area (Å²) in [6, 6.07) is 48.6. The van der Waals surface area contributed by atoms with Gasteiger partial charge >= 0.3 is 7.12 Å². The number of furan rings is 2. The van der Waals surface area contributed by atoms with Gasteiger partial charge in [0.05, 0.1) is 16.9 Å². The summed E-state index contributed by atoms with van der Waals surface area (Å²) in [5.41, 5.74) is 11.4. The molecule has 0 radical (unpaired) electrons. The van der Waals surface area contributed by atoms with E-state index in [1.165, 1.54) is 0 Å². The predicted molar refractivity (Wildman–Crippen MR) is 252 cm³/mol. The summed E-state index contributed by atoms with van der Waals surface area (Å²) in [6.07, 6.45) is 3.69. The average Bonchev–Trinajstić information content (AvgIpc) is 3.91. The number of hydrogen-bond acceptors (Lipinski definition) is 8. The van der Waals surface area contributed by atoms with Crippen LogP contribution in [0.25, 0.3) is 77.6 Å². The third-order valence-electron chi connectivity index (χ3n) is 11.5. The fourth-order valence-electron chi connectivity index (χ4n) is 7.45. The number of para-hydroxylation sites is 2. The van der Waals surface area contributed by atoms with Crippen molar-refractivity contribution in [3.63, 3.8) is 0 Å². The lowest BCUT2D eigenvalue weighted by Gasteiger charge is -2.32. The van der Waals surface area contributed by atoms with Crippen molar-refractivity contribution in [2.24, 2.45) is 0 Å². The first-order valence-electron chi connectivity index (χ1n) is 20.6. The van der Waals surface area contributed by atoms with Crippen molar-refractivity contribution in [3.05, 3.63) is 175 Å². The standard InChI is InChI=1S/C23H16N2O.C18H20BNO3.C11H8ClN/c1-15-10-12-19-18-8-5-9-20(22(18)26-23(19)25-15)21-13-11-17(14-24-21)16-6-3-2-4-7-16;1-11-9-10-13-12-7-6-8-14(15(12)21-16(13)20-11)19-22-17(2,3)18(4,5)23-19;12-11-7-6-10(8-13-11)9-4-2-1-3-5-9/h2-14H,1H3;6-10H,1-5H3;1-8H. The highest BCUT2D eigenvalue weighted by atomic mass is 35.5. The lowest BCUT2D eigenvalue weighted by atomic mass is 9.78. The van der Waals surface area contributed by atoms with Gasteiger partial charge in [0.25, 0.3) is 0 Å². The van der Waals surface area contributed by atoms with E-state index in [4.69, 9.17) is 29.7 Å². The molecule has 62 heavy (non-hydrogen) atoms. The van der Waals surface area contributed by atoms with Crippen molar-refractivity contribution in [1.82, 2.24) is 19.9 Å². The summed E-state index contributed by atoms with van der Waals surface area (Å²) in [5, 5.41) is 4.69. The summed E-state index contributed by atoms with van der Waals surface area (Å²) in [6.45, 7) is 12.1. The van der Waals surface area contributed by atoms with E-state index in [0.29, 0.717) is 16.6 Å². The molecule has 1 aliphatic heterocycles. The Bertz CT molecular complexity index is 3150. The van der Waals surface area contributed by atoms with Crippen LogP contribution in [0.15, 0.2) is 167 Å². The molecule has 0 amide bonds. The Hall–Kier alpha value is -6.65. The van der Waals surface area contributed by atoms with Gasteiger partial charge in [-0.15, -0.1) is 0 Å². The summed E-state index contributed by atoms with van der Waals surface area (Å²) >= 11 is 5.69. The van der Waals surface area contributed by atoms with Gasteiger partial charge in [0.2, 0.25) is 11.4 Å². The van der Waals surface area contributed by atoms with E-state index in [0.717, 1.165) is 83.1 Å². The molecule has 0 atom stereocenters. The summed E-state index contributed by atoms with van der Waals surface area (Å²) < 4.78 is 24.5. The van der Waals surface area contributed by atoms with Crippen molar-refractivity contribution >= 4 is 68.3 Å². The largest absolute Gasteiger partial charge is 0.498 e. The zero-order chi connectivity index (χ0) is 43.0. The second-order valence-corrected chi connectivity index (χ2v) is 16.7. The maximum Gasteiger partial charge on any atom is 0.498 e. The number of aryl methyl sites for hydroxylation is 2. The van der Waals surface area contributed by atoms with Crippen molar-refractivity contribution in [3.8, 4) is 33.5 Å². The van der Waals surface area contributed by atoms with Crippen LogP contribution in [0.4, 0.5) is 0 Å². The normalized spacial score (nSPS) is 14.1. The molecule has 0 unspecified atom stereocenters. The monoisotopic (exact) mass is 834 g/mol. The highest BCUT2D eigenvalue weighted by molar-refractivity contribution is 6.65. The van der Waals surface area contributed by atoms with Gasteiger partial charge in [-0.05, 0) is 101 Å². The number of hydrogen-bond donors (Lipinski definition) is 0. The van der Waals surface area contributed by atoms with Crippen LogP contribution in [0.3, 0.4) is 0 Å². The first-order valence-corrected chi connectivity index (χ1v) is 20.9. The Morgan fingerprint density at radius 2 is 0.984 bits per heavy atom. The average molecular weight is 835 g/mol. The van der Waals surface area contributed by atoms with Gasteiger partial charge in [0.1, 0.15) is 16.3 Å². The van der Waals surface area contributed by atoms with Crippen molar-refractivity contribution in [2.45, 2.75) is 52.7 Å². The molecule has 6 aromatic heterocycles. The Kier molecular flexibility index (Phi) is 11.0. The molecule has 1 saturated heterocycles. The third kappa shape index (κ3) is 8.10. The number of halogens is 1. The number of fused-ring (bicyclic) bond motifs is 6. The molecule has 0 saturated carbocycles. The first-order chi connectivity index (χ1) is 29.9. The second kappa shape index (κ2) is 16.7. The summed E-state index contributed by atoms with van der Waals surface area (Å²) in [7, 11) is -0.439. The summed E-state index contributed by atoms with van der Waals surface area (Å²) in [5.74, 6) is 0. The van der Waals surface area contributed by atoms with Gasteiger partial charge in [0.15, 0.2) is 0 Å². The van der Waals surface area contributed by atoms with E-state index in [1.54, 1.807) is 12.3 Å². The topological polar surface area (TPSA) is 96.3 Å². The lowest BCUT2D eigenvalue weighted by molar-refractivity contribution is 0.00578. The van der Waals surface area contributed by atoms with Crippen molar-refractivity contribution in [1.29, 1.82) is 0 Å². The van der Waals surface area contributed by atoms with Crippen LogP contribution in [0.1, 0.15) is 39.1 Å². The van der Waals surface area contributed by atoms with Crippen LogP contribution in [-0.2, 0) is 9.31 Å². The van der Waals surface area contributed by atoms with E-state index >= 15 is 0 Å². The van der Waals surface area contributed by atoms with Gasteiger partial charge in [-0.3, -0.25) is 4.98 Å². The minimum atomic E-state index is -0.439. The molecular formula is C52H44BClN4O4. The van der Waals surface area contributed by atoms with Gasteiger partial charge in [-0.1, -0.05) is 109 Å². The van der Waals surface area contributed by atoms with Crippen LogP contribution in [0.2, 0.25) is 5.15 Å². The van der Waals surface area contributed by atoms with Crippen LogP contribution < -0.4 is 5.46 Å². The van der Waals surface area contributed by atoms with Crippen molar-refractivity contribution < 1.29 is 18.1 Å². The molecule has 4 aromatic carbocycles. The molecule has 0 spiro atoms. The zero-order valence-corrected chi connectivity index (χ0v) is 36.1. The van der Waals surface area contributed by atoms with Crippen LogP contribution >= 0.6 is 11.6 Å². The predicted octanol–water partition coefficient (Wildman–Crippen LogP) is 13.0. The molecule has 11 rings (SSSR count). The second-order valence-electron chi connectivity index (χ2n) is 16.3. The fraction of sp³-hybridized carbons (Fsp3) is 0.154. The molecule has 7 heterocycles. The highest BCUT2D eigenvalue weighted by Gasteiger charge is 2.52. The Labute approximate surface area is 365 Å². The van der Waals surface area contributed by atoms with Gasteiger partial charge in [-0.2, -0.15) is 0 Å². The molecular weight excluding hydrogens is 791 g/mol. The fourth-order valence-corrected chi connectivity index (χ4v) is 7.57. The number of rotatable bonds is 4. The van der Waals surface area contributed by atoms with E-state index in [9.17, 15) is 0 Å². The number of aromatic nitrogens is 4. The maximum atomic E-state index is 6.18. The van der Waals surface area contributed by atoms with Gasteiger partial charge < -0.3 is 18.1 Å². The molecule has 1 aliphatic rings. The smallest absolute Gasteiger partial charge is 0.438 e. The molecule has 0 aliphatic carbocycles. The maximum absolute atomic E-state index is 6.18. The van der Waals surface area contributed by atoms with Crippen LogP contribution in [0, 0.1) is 13.8 Å². The Morgan fingerprint density at radius 3 is 1.52 bits per heavy atom. The van der Waals surface area contributed by atoms with Crippen LogP contribution in [-0.4, -0.2) is 38.3 Å². The third-order valence-corrected chi connectivity index (χ3v) is 11.7. The molecule has 10 heteroatoms.